The van der Waals surface area contributed by atoms with Gasteiger partial charge in [0.2, 0.25) is 0 Å². The van der Waals surface area contributed by atoms with Crippen LogP contribution in [-0.2, 0) is 12.8 Å². The van der Waals surface area contributed by atoms with Crippen molar-refractivity contribution in [3.05, 3.63) is 72.4 Å². The maximum absolute atomic E-state index is 5.33. The van der Waals surface area contributed by atoms with Crippen LogP contribution in [0.2, 0.25) is 0 Å². The summed E-state index contributed by atoms with van der Waals surface area (Å²) < 4.78 is 7.19. The fourth-order valence-electron chi connectivity index (χ4n) is 2.64. The standard InChI is InChI=1S/C20H25N5O.HI/c1-2-21-20(23-14-11-19-5-3-16-26-19)22-13-10-17-6-8-18(9-7-17)25-15-4-12-24-25;/h3-9,12,15-16H,2,10-11,13-14H2,1H3,(H2,21,22,23);1H. The zero-order valence-electron chi connectivity index (χ0n) is 15.5. The van der Waals surface area contributed by atoms with E-state index in [0.717, 1.165) is 43.3 Å². The number of hydrogen-bond donors (Lipinski definition) is 2. The molecule has 1 aromatic carbocycles. The highest BCUT2D eigenvalue weighted by molar-refractivity contribution is 14.0. The van der Waals surface area contributed by atoms with Crippen molar-refractivity contribution in [1.82, 2.24) is 20.4 Å². The molecule has 2 N–H and O–H groups in total. The van der Waals surface area contributed by atoms with E-state index >= 15 is 0 Å². The van der Waals surface area contributed by atoms with Gasteiger partial charge in [0.25, 0.3) is 0 Å². The summed E-state index contributed by atoms with van der Waals surface area (Å²) in [5, 5.41) is 10.9. The molecule has 144 valence electrons. The summed E-state index contributed by atoms with van der Waals surface area (Å²) in [7, 11) is 0. The first-order valence-electron chi connectivity index (χ1n) is 8.98. The second-order valence-electron chi connectivity index (χ2n) is 5.88. The SMILES string of the molecule is CCNC(=NCCc1ccco1)NCCc1ccc(-n2cccn2)cc1.I. The molecule has 0 unspecified atom stereocenters. The lowest BCUT2D eigenvalue weighted by Crippen LogP contribution is -2.38. The van der Waals surface area contributed by atoms with Gasteiger partial charge in [-0.2, -0.15) is 5.10 Å². The van der Waals surface area contributed by atoms with Gasteiger partial charge in [-0.25, -0.2) is 4.68 Å². The molecule has 0 saturated heterocycles. The zero-order chi connectivity index (χ0) is 18.0. The molecule has 2 heterocycles. The number of benzene rings is 1. The third kappa shape index (κ3) is 6.74. The number of rotatable bonds is 8. The third-order valence-corrected chi connectivity index (χ3v) is 3.96. The molecule has 7 heteroatoms. The van der Waals surface area contributed by atoms with Crippen molar-refractivity contribution in [2.24, 2.45) is 4.99 Å². The predicted molar refractivity (Wildman–Crippen MR) is 119 cm³/mol. The summed E-state index contributed by atoms with van der Waals surface area (Å²) in [5.41, 5.74) is 2.35. The molecule has 0 radical (unpaired) electrons. The minimum atomic E-state index is 0. The lowest BCUT2D eigenvalue weighted by molar-refractivity contribution is 0.510. The minimum absolute atomic E-state index is 0. The van der Waals surface area contributed by atoms with Gasteiger partial charge in [0.05, 0.1) is 12.0 Å². The summed E-state index contributed by atoms with van der Waals surface area (Å²) in [6.07, 6.45) is 7.16. The Balaban J connectivity index is 0.00000261. The van der Waals surface area contributed by atoms with Crippen LogP contribution in [-0.4, -0.2) is 35.4 Å². The van der Waals surface area contributed by atoms with Crippen molar-refractivity contribution in [3.8, 4) is 5.69 Å². The Morgan fingerprint density at radius 2 is 1.96 bits per heavy atom. The van der Waals surface area contributed by atoms with Gasteiger partial charge < -0.3 is 15.1 Å². The second kappa shape index (κ2) is 11.4. The molecule has 0 aliphatic carbocycles. The van der Waals surface area contributed by atoms with E-state index < -0.39 is 0 Å². The highest BCUT2D eigenvalue weighted by atomic mass is 127. The van der Waals surface area contributed by atoms with E-state index in [1.165, 1.54) is 5.56 Å². The minimum Gasteiger partial charge on any atom is -0.469 e. The van der Waals surface area contributed by atoms with Gasteiger partial charge in [-0.1, -0.05) is 12.1 Å². The fourth-order valence-corrected chi connectivity index (χ4v) is 2.64. The summed E-state index contributed by atoms with van der Waals surface area (Å²) in [5.74, 6) is 1.80. The van der Waals surface area contributed by atoms with Gasteiger partial charge in [0, 0.05) is 38.4 Å². The number of nitrogens with one attached hydrogen (secondary N) is 2. The van der Waals surface area contributed by atoms with Gasteiger partial charge in [-0.05, 0) is 49.2 Å². The number of aliphatic imine (C=N–C) groups is 1. The number of aromatic nitrogens is 2. The zero-order valence-corrected chi connectivity index (χ0v) is 17.8. The van der Waals surface area contributed by atoms with Crippen LogP contribution in [0.4, 0.5) is 0 Å². The topological polar surface area (TPSA) is 67.4 Å². The van der Waals surface area contributed by atoms with Crippen LogP contribution >= 0.6 is 24.0 Å². The molecule has 0 amide bonds. The van der Waals surface area contributed by atoms with E-state index in [1.807, 2.05) is 29.1 Å². The summed E-state index contributed by atoms with van der Waals surface area (Å²) in [4.78, 5) is 4.59. The molecule has 6 nitrogen and oxygen atoms in total. The molecule has 0 fully saturated rings. The van der Waals surface area contributed by atoms with Crippen LogP contribution in [0, 0.1) is 0 Å². The van der Waals surface area contributed by atoms with Crippen LogP contribution in [0.25, 0.3) is 5.69 Å². The van der Waals surface area contributed by atoms with Crippen molar-refractivity contribution >= 4 is 29.9 Å². The Labute approximate surface area is 177 Å². The summed E-state index contributed by atoms with van der Waals surface area (Å²) in [6.45, 7) is 4.43. The van der Waals surface area contributed by atoms with Crippen molar-refractivity contribution in [2.45, 2.75) is 19.8 Å². The average Bonchev–Trinajstić information content (AvgIpc) is 3.36. The first-order chi connectivity index (χ1) is 12.8. The Morgan fingerprint density at radius 3 is 2.63 bits per heavy atom. The maximum atomic E-state index is 5.33. The van der Waals surface area contributed by atoms with Gasteiger partial charge in [0.15, 0.2) is 5.96 Å². The van der Waals surface area contributed by atoms with Crippen LogP contribution in [0.5, 0.6) is 0 Å². The second-order valence-corrected chi connectivity index (χ2v) is 5.88. The highest BCUT2D eigenvalue weighted by Crippen LogP contribution is 2.08. The van der Waals surface area contributed by atoms with E-state index in [9.17, 15) is 0 Å². The van der Waals surface area contributed by atoms with Gasteiger partial charge in [-0.15, -0.1) is 24.0 Å². The van der Waals surface area contributed by atoms with E-state index in [1.54, 1.807) is 12.5 Å². The van der Waals surface area contributed by atoms with E-state index in [0.29, 0.717) is 6.54 Å². The molecular formula is C20H26IN5O. The molecule has 3 rings (SSSR count). The molecule has 0 spiro atoms. The molecule has 0 aliphatic heterocycles. The Morgan fingerprint density at radius 1 is 1.11 bits per heavy atom. The Hall–Kier alpha value is -2.29. The molecule has 0 atom stereocenters. The van der Waals surface area contributed by atoms with Crippen molar-refractivity contribution in [1.29, 1.82) is 0 Å². The smallest absolute Gasteiger partial charge is 0.191 e. The molecule has 0 aliphatic rings. The van der Waals surface area contributed by atoms with Crippen LogP contribution in [0.15, 0.2) is 70.5 Å². The maximum Gasteiger partial charge on any atom is 0.191 e. The molecule has 27 heavy (non-hydrogen) atoms. The molecule has 0 bridgehead atoms. The lowest BCUT2D eigenvalue weighted by Gasteiger charge is -2.11. The van der Waals surface area contributed by atoms with Crippen LogP contribution in [0.3, 0.4) is 0 Å². The van der Waals surface area contributed by atoms with Crippen molar-refractivity contribution in [2.75, 3.05) is 19.6 Å². The Bertz CT molecular complexity index is 782. The number of nitrogens with zero attached hydrogens (tertiary/aromatic N) is 3. The van der Waals surface area contributed by atoms with Crippen LogP contribution in [0.1, 0.15) is 18.2 Å². The van der Waals surface area contributed by atoms with Gasteiger partial charge in [0.1, 0.15) is 5.76 Å². The molecular weight excluding hydrogens is 453 g/mol. The van der Waals surface area contributed by atoms with Gasteiger partial charge >= 0.3 is 0 Å². The van der Waals surface area contributed by atoms with Crippen LogP contribution < -0.4 is 10.6 Å². The van der Waals surface area contributed by atoms with Crippen molar-refractivity contribution in [3.63, 3.8) is 0 Å². The average molecular weight is 479 g/mol. The normalized spacial score (nSPS) is 11.1. The highest BCUT2D eigenvalue weighted by Gasteiger charge is 2.00. The first kappa shape index (κ1) is 21.0. The monoisotopic (exact) mass is 479 g/mol. The number of halogens is 1. The molecule has 0 saturated carbocycles. The first-order valence-corrected chi connectivity index (χ1v) is 8.98. The predicted octanol–water partition coefficient (Wildman–Crippen LogP) is 3.42. The Kier molecular flexibility index (Phi) is 8.90. The summed E-state index contributed by atoms with van der Waals surface area (Å²) >= 11 is 0. The molecule has 2 aromatic heterocycles. The quantitative estimate of drug-likeness (QED) is 0.295. The number of hydrogen-bond acceptors (Lipinski definition) is 3. The lowest BCUT2D eigenvalue weighted by atomic mass is 10.1. The van der Waals surface area contributed by atoms with Gasteiger partial charge in [-0.3, -0.25) is 4.99 Å². The molecule has 3 aromatic rings. The number of furan rings is 1. The fraction of sp³-hybridized carbons (Fsp3) is 0.300. The largest absolute Gasteiger partial charge is 0.469 e. The van der Waals surface area contributed by atoms with E-state index in [2.05, 4.69) is 51.9 Å². The van der Waals surface area contributed by atoms with Crippen molar-refractivity contribution < 1.29 is 4.42 Å². The van der Waals surface area contributed by atoms with E-state index in [4.69, 9.17) is 4.42 Å². The third-order valence-electron chi connectivity index (χ3n) is 3.96. The van der Waals surface area contributed by atoms with E-state index in [-0.39, 0.29) is 24.0 Å². The number of guanidine groups is 1. The summed E-state index contributed by atoms with van der Waals surface area (Å²) in [6, 6.07) is 14.3.